The predicted octanol–water partition coefficient (Wildman–Crippen LogP) is 2.84. The van der Waals surface area contributed by atoms with Gasteiger partial charge in [0.05, 0.1) is 12.2 Å². The van der Waals surface area contributed by atoms with Crippen LogP contribution < -0.4 is 34.7 Å². The molecule has 0 amide bonds. The van der Waals surface area contributed by atoms with Crippen molar-refractivity contribution in [2.45, 2.75) is 134 Å². The summed E-state index contributed by atoms with van der Waals surface area (Å²) in [5.74, 6) is 0.594. The van der Waals surface area contributed by atoms with Gasteiger partial charge in [-0.05, 0) is 95.3 Å². The number of carboxylic acids is 1. The van der Waals surface area contributed by atoms with Gasteiger partial charge in [0.15, 0.2) is 12.6 Å². The first kappa shape index (κ1) is 32.3. The number of fused-ring (bicyclic) bond motifs is 1. The summed E-state index contributed by atoms with van der Waals surface area (Å²) in [6.07, 6.45) is 23.3. The maximum atomic E-state index is 10.8. The maximum absolute atomic E-state index is 10.8. The van der Waals surface area contributed by atoms with Gasteiger partial charge in [0.2, 0.25) is 0 Å². The van der Waals surface area contributed by atoms with Crippen molar-refractivity contribution in [2.24, 2.45) is 17.8 Å². The first-order valence-electron chi connectivity index (χ1n) is 15.2. The van der Waals surface area contributed by atoms with E-state index in [4.69, 9.17) is 18.9 Å². The summed E-state index contributed by atoms with van der Waals surface area (Å²) in [5.41, 5.74) is 1.49. The molecule has 4 rings (SSSR count). The monoisotopic (exact) mass is 540 g/mol. The largest absolute Gasteiger partial charge is 1.00 e. The first-order valence-corrected chi connectivity index (χ1v) is 15.2. The molecule has 4 aliphatic rings. The van der Waals surface area contributed by atoms with Crippen molar-refractivity contribution in [2.75, 3.05) is 13.2 Å². The number of rotatable bonds is 14. The van der Waals surface area contributed by atoms with Gasteiger partial charge in [-0.25, -0.2) is 0 Å². The number of carbonyl (C=O) groups is 1. The normalized spacial score (nSPS) is 33.3. The van der Waals surface area contributed by atoms with Gasteiger partial charge < -0.3 is 28.8 Å². The van der Waals surface area contributed by atoms with E-state index in [1.54, 1.807) is 0 Å². The number of allylic oxidation sites excluding steroid dienone is 2. The first-order chi connectivity index (χ1) is 18.1. The number of hydrogen-bond acceptors (Lipinski definition) is 6. The molecule has 7 atom stereocenters. The predicted molar refractivity (Wildman–Crippen MR) is 141 cm³/mol. The van der Waals surface area contributed by atoms with Gasteiger partial charge in [-0.15, -0.1) is 0 Å². The van der Waals surface area contributed by atoms with Gasteiger partial charge in [-0.1, -0.05) is 50.0 Å². The molecule has 2 unspecified atom stereocenters. The van der Waals surface area contributed by atoms with E-state index in [0.29, 0.717) is 24.2 Å². The van der Waals surface area contributed by atoms with E-state index in [-0.39, 0.29) is 60.8 Å². The summed E-state index contributed by atoms with van der Waals surface area (Å²) in [6, 6.07) is 0. The summed E-state index contributed by atoms with van der Waals surface area (Å²) < 4.78 is 24.9. The van der Waals surface area contributed by atoms with Crippen LogP contribution in [0.1, 0.15) is 110 Å². The molecule has 2 aliphatic heterocycles. The Kier molecular flexibility index (Phi) is 14.9. The van der Waals surface area contributed by atoms with Crippen LogP contribution in [0.3, 0.4) is 0 Å². The van der Waals surface area contributed by atoms with Crippen LogP contribution in [0.4, 0.5) is 0 Å². The molecule has 210 valence electrons. The Morgan fingerprint density at radius 2 is 1.82 bits per heavy atom. The van der Waals surface area contributed by atoms with Crippen LogP contribution in [0.2, 0.25) is 0 Å². The Balaban J connectivity index is 0.00000400. The SMILES string of the molecule is CCCCC[C@@H](/C=C/[C@@H]1[C@H]2C/C(=C/CCCC(=O)[O-])C[C@H]2C[C@H]1OC1CCCCO1)OC1CCCCO1.[Na+]. The average molecular weight is 541 g/mol. The van der Waals surface area contributed by atoms with Crippen molar-refractivity contribution in [3.63, 3.8) is 0 Å². The maximum Gasteiger partial charge on any atom is 1.00 e. The molecule has 0 spiro atoms. The Bertz CT molecular complexity index is 743. The van der Waals surface area contributed by atoms with Crippen molar-refractivity contribution in [1.82, 2.24) is 0 Å². The molecule has 0 aromatic carbocycles. The van der Waals surface area contributed by atoms with Gasteiger partial charge in [0, 0.05) is 25.1 Å². The molecule has 2 saturated carbocycles. The second-order valence-corrected chi connectivity index (χ2v) is 11.6. The fourth-order valence-corrected chi connectivity index (χ4v) is 6.70. The van der Waals surface area contributed by atoms with Crippen LogP contribution in [-0.2, 0) is 23.7 Å². The van der Waals surface area contributed by atoms with E-state index in [0.717, 1.165) is 71.0 Å². The van der Waals surface area contributed by atoms with Crippen LogP contribution in [0.15, 0.2) is 23.8 Å². The topological polar surface area (TPSA) is 77.1 Å². The van der Waals surface area contributed by atoms with E-state index in [2.05, 4.69) is 25.2 Å². The van der Waals surface area contributed by atoms with Crippen molar-refractivity contribution < 1.29 is 58.4 Å². The standard InChI is InChI=1S/C31H50O6.Na/c1-2-3-4-12-25(36-30-14-7-9-18-34-30)16-17-26-27-21-23(11-5-6-13-29(32)33)20-24(27)22-28(26)37-31-15-8-10-19-35-31;/h11,16-17,24-28,30-31H,2-10,12-15,18-22H2,1H3,(H,32,33);/q;+1/p-1/b17-16+,23-11+;/t24-,25-,26+,27-,28+,30?,31?;/m0./s1. The molecule has 4 fully saturated rings. The van der Waals surface area contributed by atoms with Crippen LogP contribution in [0, 0.1) is 17.8 Å². The zero-order valence-electron chi connectivity index (χ0n) is 24.0. The molecule has 0 aromatic rings. The summed E-state index contributed by atoms with van der Waals surface area (Å²) in [5, 5.41) is 10.8. The van der Waals surface area contributed by atoms with Gasteiger partial charge in [-0.3, -0.25) is 0 Å². The van der Waals surface area contributed by atoms with Crippen molar-refractivity contribution in [1.29, 1.82) is 0 Å². The number of aliphatic carboxylic acids is 1. The molecule has 0 bridgehead atoms. The van der Waals surface area contributed by atoms with Crippen LogP contribution >= 0.6 is 0 Å². The van der Waals surface area contributed by atoms with Gasteiger partial charge >= 0.3 is 29.6 Å². The van der Waals surface area contributed by atoms with Gasteiger partial charge in [0.1, 0.15) is 0 Å². The van der Waals surface area contributed by atoms with Crippen molar-refractivity contribution in [3.05, 3.63) is 23.8 Å². The summed E-state index contributed by atoms with van der Waals surface area (Å²) in [7, 11) is 0. The van der Waals surface area contributed by atoms with E-state index < -0.39 is 5.97 Å². The van der Waals surface area contributed by atoms with Crippen LogP contribution in [-0.4, -0.2) is 44.0 Å². The third-order valence-corrected chi connectivity index (χ3v) is 8.67. The molecule has 7 heteroatoms. The van der Waals surface area contributed by atoms with Gasteiger partial charge in [0.25, 0.3) is 0 Å². The molecular formula is C31H49NaO6. The van der Waals surface area contributed by atoms with E-state index in [9.17, 15) is 9.90 Å². The fraction of sp³-hybridized carbons (Fsp3) is 0.839. The molecule has 2 aliphatic carbocycles. The van der Waals surface area contributed by atoms with Crippen molar-refractivity contribution in [3.8, 4) is 0 Å². The summed E-state index contributed by atoms with van der Waals surface area (Å²) in [6.45, 7) is 3.85. The third-order valence-electron chi connectivity index (χ3n) is 8.67. The van der Waals surface area contributed by atoms with Crippen molar-refractivity contribution >= 4 is 5.97 Å². The quantitative estimate of drug-likeness (QED) is 0.192. The third kappa shape index (κ3) is 10.3. The average Bonchev–Trinajstić information content (AvgIpc) is 3.43. The minimum atomic E-state index is -0.953. The minimum Gasteiger partial charge on any atom is -0.550 e. The number of hydrogen-bond donors (Lipinski definition) is 0. The number of carbonyl (C=O) groups excluding carboxylic acids is 1. The Labute approximate surface area is 252 Å². The van der Waals surface area contributed by atoms with Crippen LogP contribution in [0.5, 0.6) is 0 Å². The van der Waals surface area contributed by atoms with E-state index >= 15 is 0 Å². The zero-order chi connectivity index (χ0) is 25.9. The molecular weight excluding hydrogens is 491 g/mol. The molecule has 0 radical (unpaired) electrons. The zero-order valence-corrected chi connectivity index (χ0v) is 26.0. The second-order valence-electron chi connectivity index (χ2n) is 11.6. The number of carboxylic acid groups (broad SMARTS) is 1. The Morgan fingerprint density at radius 1 is 1.05 bits per heavy atom. The fourth-order valence-electron chi connectivity index (χ4n) is 6.70. The number of ether oxygens (including phenoxy) is 4. The molecule has 0 N–H and O–H groups in total. The molecule has 0 aromatic heterocycles. The molecule has 6 nitrogen and oxygen atoms in total. The smallest absolute Gasteiger partial charge is 0.550 e. The van der Waals surface area contributed by atoms with Gasteiger partial charge in [-0.2, -0.15) is 0 Å². The Hall–Kier alpha value is -0.210. The Morgan fingerprint density at radius 3 is 2.50 bits per heavy atom. The second kappa shape index (κ2) is 17.6. The van der Waals surface area contributed by atoms with E-state index in [1.807, 2.05) is 0 Å². The number of unbranched alkanes of at least 4 members (excludes halogenated alkanes) is 3. The summed E-state index contributed by atoms with van der Waals surface area (Å²) in [4.78, 5) is 10.8. The van der Waals surface area contributed by atoms with Crippen LogP contribution in [0.25, 0.3) is 0 Å². The molecule has 2 heterocycles. The summed E-state index contributed by atoms with van der Waals surface area (Å²) >= 11 is 0. The van der Waals surface area contributed by atoms with E-state index in [1.165, 1.54) is 37.7 Å². The molecule has 38 heavy (non-hydrogen) atoms. The minimum absolute atomic E-state index is 0. The molecule has 2 saturated heterocycles.